The molecule has 0 atom stereocenters. The second-order valence-electron chi connectivity index (χ2n) is 8.93. The molecule has 0 N–H and O–H groups in total. The van der Waals surface area contributed by atoms with Crippen LogP contribution in [0.4, 0.5) is 0 Å². The Morgan fingerprint density at radius 1 is 0.931 bits per heavy atom. The summed E-state index contributed by atoms with van der Waals surface area (Å²) in [4.78, 5) is 20.0. The summed E-state index contributed by atoms with van der Waals surface area (Å²) in [7, 11) is 0. The topological polar surface area (TPSA) is 36.0 Å². The van der Waals surface area contributed by atoms with Gasteiger partial charge in [0.05, 0.1) is 6.61 Å². The Balaban J connectivity index is 1.18. The van der Waals surface area contributed by atoms with Crippen molar-refractivity contribution in [2.75, 3.05) is 45.9 Å². The van der Waals surface area contributed by atoms with Gasteiger partial charge in [0.25, 0.3) is 0 Å². The van der Waals surface area contributed by atoms with Crippen molar-refractivity contribution in [3.05, 3.63) is 29.8 Å². The molecule has 0 unspecified atom stereocenters. The molecule has 4 rings (SSSR count). The van der Waals surface area contributed by atoms with Gasteiger partial charge in [-0.25, -0.2) is 0 Å². The zero-order valence-electron chi connectivity index (χ0n) is 18.0. The average molecular weight is 400 g/mol. The smallest absolute Gasteiger partial charge is 0.225 e. The van der Waals surface area contributed by atoms with Crippen molar-refractivity contribution >= 4 is 5.91 Å². The van der Waals surface area contributed by atoms with Crippen LogP contribution in [0.3, 0.4) is 0 Å². The van der Waals surface area contributed by atoms with Gasteiger partial charge in [0.15, 0.2) is 0 Å². The quantitative estimate of drug-likeness (QED) is 0.735. The average Bonchev–Trinajstić information content (AvgIpc) is 3.31. The zero-order chi connectivity index (χ0) is 20.1. The lowest BCUT2D eigenvalue weighted by Gasteiger charge is -2.42. The normalized spacial score (nSPS) is 22.9. The van der Waals surface area contributed by atoms with E-state index in [4.69, 9.17) is 4.74 Å². The molecule has 0 saturated carbocycles. The summed E-state index contributed by atoms with van der Waals surface area (Å²) >= 11 is 0. The van der Waals surface area contributed by atoms with Crippen LogP contribution in [0.5, 0.6) is 5.75 Å². The lowest BCUT2D eigenvalue weighted by molar-refractivity contribution is -0.136. The van der Waals surface area contributed by atoms with Crippen LogP contribution in [0.1, 0.15) is 51.0 Å². The Bertz CT molecular complexity index is 641. The van der Waals surface area contributed by atoms with E-state index in [1.807, 2.05) is 6.92 Å². The van der Waals surface area contributed by atoms with Gasteiger partial charge in [-0.05, 0) is 89.3 Å². The highest BCUT2D eigenvalue weighted by Crippen LogP contribution is 2.27. The molecule has 3 heterocycles. The molecule has 29 heavy (non-hydrogen) atoms. The Hall–Kier alpha value is -1.59. The van der Waals surface area contributed by atoms with Gasteiger partial charge in [-0.3, -0.25) is 9.69 Å². The van der Waals surface area contributed by atoms with Crippen LogP contribution in [-0.2, 0) is 11.3 Å². The third-order valence-corrected chi connectivity index (χ3v) is 7.01. The number of hydrogen-bond donors (Lipinski definition) is 0. The molecule has 160 valence electrons. The largest absolute Gasteiger partial charge is 0.494 e. The van der Waals surface area contributed by atoms with E-state index in [9.17, 15) is 4.79 Å². The minimum atomic E-state index is 0.282. The molecule has 1 amide bonds. The summed E-state index contributed by atoms with van der Waals surface area (Å²) in [6, 6.07) is 9.26. The monoisotopic (exact) mass is 399 g/mol. The van der Waals surface area contributed by atoms with Crippen LogP contribution < -0.4 is 4.74 Å². The van der Waals surface area contributed by atoms with E-state index >= 15 is 0 Å². The SMILES string of the molecule is CCOc1ccc(CN2CCC(N3CCC(C(=O)N4CCCC4)CC3)CC2)cc1. The molecule has 0 aromatic heterocycles. The minimum absolute atomic E-state index is 0.282. The van der Waals surface area contributed by atoms with Crippen LogP contribution in [0.25, 0.3) is 0 Å². The van der Waals surface area contributed by atoms with Crippen molar-refractivity contribution < 1.29 is 9.53 Å². The molecule has 5 heteroatoms. The van der Waals surface area contributed by atoms with Crippen LogP contribution >= 0.6 is 0 Å². The maximum Gasteiger partial charge on any atom is 0.225 e. The van der Waals surface area contributed by atoms with Gasteiger partial charge < -0.3 is 14.5 Å². The first-order chi connectivity index (χ1) is 14.2. The van der Waals surface area contributed by atoms with Gasteiger partial charge in [-0.2, -0.15) is 0 Å². The summed E-state index contributed by atoms with van der Waals surface area (Å²) in [6.07, 6.45) is 7.01. The molecule has 3 fully saturated rings. The molecule has 0 spiro atoms. The van der Waals surface area contributed by atoms with E-state index < -0.39 is 0 Å². The number of hydrogen-bond acceptors (Lipinski definition) is 4. The maximum atomic E-state index is 12.7. The highest BCUT2D eigenvalue weighted by atomic mass is 16.5. The van der Waals surface area contributed by atoms with Gasteiger partial charge in [0, 0.05) is 31.6 Å². The van der Waals surface area contributed by atoms with Crippen LogP contribution in [0.2, 0.25) is 0 Å². The molecule has 1 aromatic rings. The standard InChI is InChI=1S/C24H37N3O2/c1-2-29-23-7-5-20(6-8-23)19-25-15-11-22(12-16-25)26-17-9-21(10-18-26)24(28)27-13-3-4-14-27/h5-8,21-22H,2-4,9-19H2,1H3. The minimum Gasteiger partial charge on any atom is -0.494 e. The third-order valence-electron chi connectivity index (χ3n) is 7.01. The van der Waals surface area contributed by atoms with Crippen molar-refractivity contribution in [3.8, 4) is 5.75 Å². The molecule has 3 saturated heterocycles. The number of carbonyl (C=O) groups excluding carboxylic acids is 1. The highest BCUT2D eigenvalue weighted by molar-refractivity contribution is 5.79. The summed E-state index contributed by atoms with van der Waals surface area (Å²) in [6.45, 7) is 10.3. The van der Waals surface area contributed by atoms with E-state index in [-0.39, 0.29) is 5.92 Å². The summed E-state index contributed by atoms with van der Waals surface area (Å²) in [5.74, 6) is 1.68. The van der Waals surface area contributed by atoms with E-state index in [1.165, 1.54) is 44.3 Å². The Kier molecular flexibility index (Phi) is 7.09. The van der Waals surface area contributed by atoms with E-state index in [1.54, 1.807) is 0 Å². The molecule has 5 nitrogen and oxygen atoms in total. The fourth-order valence-electron chi connectivity index (χ4n) is 5.27. The number of rotatable bonds is 6. The lowest BCUT2D eigenvalue weighted by Crippen LogP contribution is -2.49. The zero-order valence-corrected chi connectivity index (χ0v) is 18.0. The Labute approximate surface area is 176 Å². The molecule has 0 radical (unpaired) electrons. The number of piperidine rings is 2. The van der Waals surface area contributed by atoms with Crippen molar-refractivity contribution in [1.29, 1.82) is 0 Å². The Morgan fingerprint density at radius 3 is 2.21 bits per heavy atom. The molecule has 3 aliphatic heterocycles. The predicted molar refractivity (Wildman–Crippen MR) is 116 cm³/mol. The maximum absolute atomic E-state index is 12.7. The molecular formula is C24H37N3O2. The van der Waals surface area contributed by atoms with Gasteiger partial charge >= 0.3 is 0 Å². The molecule has 0 aliphatic carbocycles. The second-order valence-corrected chi connectivity index (χ2v) is 8.93. The number of amides is 1. The van der Waals surface area contributed by atoms with Gasteiger partial charge in [-0.15, -0.1) is 0 Å². The second kappa shape index (κ2) is 9.94. The highest BCUT2D eigenvalue weighted by Gasteiger charge is 2.33. The number of benzene rings is 1. The summed E-state index contributed by atoms with van der Waals surface area (Å²) in [5, 5.41) is 0. The predicted octanol–water partition coefficient (Wildman–Crippen LogP) is 3.38. The van der Waals surface area contributed by atoms with Crippen LogP contribution in [-0.4, -0.2) is 72.5 Å². The lowest BCUT2D eigenvalue weighted by atomic mass is 9.92. The van der Waals surface area contributed by atoms with Crippen LogP contribution in [0.15, 0.2) is 24.3 Å². The van der Waals surface area contributed by atoms with Crippen molar-refractivity contribution in [1.82, 2.24) is 14.7 Å². The van der Waals surface area contributed by atoms with E-state index in [0.29, 0.717) is 11.9 Å². The first-order valence-corrected chi connectivity index (χ1v) is 11.7. The fourth-order valence-corrected chi connectivity index (χ4v) is 5.27. The number of ether oxygens (including phenoxy) is 1. The molecule has 0 bridgehead atoms. The van der Waals surface area contributed by atoms with E-state index in [2.05, 4.69) is 39.0 Å². The van der Waals surface area contributed by atoms with Crippen molar-refractivity contribution in [2.45, 2.75) is 58.0 Å². The fraction of sp³-hybridized carbons (Fsp3) is 0.708. The van der Waals surface area contributed by atoms with Gasteiger partial charge in [0.1, 0.15) is 5.75 Å². The molecule has 1 aromatic carbocycles. The van der Waals surface area contributed by atoms with Crippen LogP contribution in [0, 0.1) is 5.92 Å². The van der Waals surface area contributed by atoms with Gasteiger partial charge in [0.2, 0.25) is 5.91 Å². The first kappa shape index (κ1) is 20.7. The van der Waals surface area contributed by atoms with E-state index in [0.717, 1.165) is 57.9 Å². The number of nitrogens with zero attached hydrogens (tertiary/aromatic N) is 3. The summed E-state index contributed by atoms with van der Waals surface area (Å²) < 4.78 is 5.54. The van der Waals surface area contributed by atoms with Crippen molar-refractivity contribution in [2.24, 2.45) is 5.92 Å². The molecule has 3 aliphatic rings. The van der Waals surface area contributed by atoms with Crippen molar-refractivity contribution in [3.63, 3.8) is 0 Å². The molecular weight excluding hydrogens is 362 g/mol. The number of likely N-dealkylation sites (tertiary alicyclic amines) is 3. The first-order valence-electron chi connectivity index (χ1n) is 11.7. The van der Waals surface area contributed by atoms with Gasteiger partial charge in [-0.1, -0.05) is 12.1 Å². The number of carbonyl (C=O) groups is 1. The Morgan fingerprint density at radius 2 is 1.59 bits per heavy atom. The summed E-state index contributed by atoms with van der Waals surface area (Å²) in [5.41, 5.74) is 1.37. The third kappa shape index (κ3) is 5.32.